The molecule has 0 unspecified atom stereocenters. The molecule has 1 amide bonds. The van der Waals surface area contributed by atoms with E-state index in [1.165, 1.54) is 0 Å². The van der Waals surface area contributed by atoms with Crippen molar-refractivity contribution in [2.24, 2.45) is 0 Å². The Kier molecular flexibility index (Phi) is 3.41. The zero-order valence-electron chi connectivity index (χ0n) is 7.01. The lowest BCUT2D eigenvalue weighted by Crippen LogP contribution is -2.29. The summed E-state index contributed by atoms with van der Waals surface area (Å²) in [5.41, 5.74) is -1.28. The van der Waals surface area contributed by atoms with Gasteiger partial charge in [-0.05, 0) is 23.7 Å². The summed E-state index contributed by atoms with van der Waals surface area (Å²) in [7, 11) is 0. The maximum Gasteiger partial charge on any atom is 0.363 e. The van der Waals surface area contributed by atoms with Gasteiger partial charge in [0.2, 0.25) is 0 Å². The summed E-state index contributed by atoms with van der Waals surface area (Å²) in [6.45, 7) is 0. The topological polar surface area (TPSA) is 72.2 Å². The Balaban J connectivity index is 2.62. The van der Waals surface area contributed by atoms with Crippen LogP contribution in [0.3, 0.4) is 0 Å². The third-order valence-corrected chi connectivity index (χ3v) is 1.80. The number of rotatable bonds is 3. The second-order valence-corrected chi connectivity index (χ2v) is 2.89. The molecule has 0 radical (unpaired) electrons. The number of carbonyl (C=O) groups excluding carboxylic acids is 1. The number of hydrogen-bond acceptors (Lipinski definition) is 3. The molecular formula is C8H7ClN2O3. The van der Waals surface area contributed by atoms with Gasteiger partial charge in [0.1, 0.15) is 0 Å². The molecule has 1 atom stereocenters. The number of nitrogens with zero attached hydrogens (tertiary/aromatic N) is 1. The molecule has 74 valence electrons. The monoisotopic (exact) mass is 214 g/mol. The van der Waals surface area contributed by atoms with Crippen LogP contribution in [0.1, 0.15) is 0 Å². The number of benzene rings is 1. The minimum absolute atomic E-state index is 0.477. The first-order valence-corrected chi connectivity index (χ1v) is 4.18. The minimum Gasteiger partial charge on any atom is -0.319 e. The van der Waals surface area contributed by atoms with Crippen molar-refractivity contribution < 1.29 is 9.72 Å². The first-order chi connectivity index (χ1) is 6.61. The highest BCUT2D eigenvalue weighted by Crippen LogP contribution is 2.07. The van der Waals surface area contributed by atoms with E-state index in [1.807, 2.05) is 0 Å². The molecule has 1 N–H and O–H groups in total. The molecule has 0 saturated carbocycles. The van der Waals surface area contributed by atoms with Crippen molar-refractivity contribution in [2.75, 3.05) is 5.32 Å². The quantitative estimate of drug-likeness (QED) is 0.358. The van der Waals surface area contributed by atoms with Crippen molar-refractivity contribution in [3.05, 3.63) is 40.4 Å². The fourth-order valence-electron chi connectivity index (χ4n) is 0.819. The van der Waals surface area contributed by atoms with Crippen molar-refractivity contribution >= 4 is 23.2 Å². The van der Waals surface area contributed by atoms with Gasteiger partial charge >= 0.3 is 11.4 Å². The molecular weight excluding hydrogens is 208 g/mol. The maximum absolute atomic E-state index is 11.1. The number of hydrogen-bond donors (Lipinski definition) is 1. The minimum atomic E-state index is -1.75. The molecule has 0 heterocycles. The number of anilines is 1. The molecule has 1 rings (SSSR count). The molecule has 0 aliphatic heterocycles. The van der Waals surface area contributed by atoms with Gasteiger partial charge in [0.25, 0.3) is 0 Å². The van der Waals surface area contributed by atoms with E-state index in [2.05, 4.69) is 5.32 Å². The molecule has 0 saturated heterocycles. The number of halogens is 1. The Morgan fingerprint density at radius 2 is 2.00 bits per heavy atom. The summed E-state index contributed by atoms with van der Waals surface area (Å²) < 4.78 is 0. The third kappa shape index (κ3) is 2.70. The summed E-state index contributed by atoms with van der Waals surface area (Å²) in [5, 5.41) is 12.5. The van der Waals surface area contributed by atoms with E-state index in [9.17, 15) is 14.9 Å². The van der Waals surface area contributed by atoms with Crippen molar-refractivity contribution in [1.29, 1.82) is 0 Å². The zero-order chi connectivity index (χ0) is 10.6. The molecule has 1 aromatic carbocycles. The number of amides is 1. The van der Waals surface area contributed by atoms with Gasteiger partial charge in [-0.3, -0.25) is 14.9 Å². The normalized spacial score (nSPS) is 11.8. The van der Waals surface area contributed by atoms with Gasteiger partial charge < -0.3 is 5.32 Å². The number of para-hydroxylation sites is 1. The zero-order valence-corrected chi connectivity index (χ0v) is 7.77. The highest BCUT2D eigenvalue weighted by Gasteiger charge is 2.26. The van der Waals surface area contributed by atoms with Crippen LogP contribution in [0.2, 0.25) is 0 Å². The van der Waals surface area contributed by atoms with Crippen LogP contribution in [-0.4, -0.2) is 16.3 Å². The van der Waals surface area contributed by atoms with Crippen LogP contribution in [0.15, 0.2) is 30.3 Å². The van der Waals surface area contributed by atoms with Crippen LogP contribution in [0.5, 0.6) is 0 Å². The molecule has 0 spiro atoms. The lowest BCUT2D eigenvalue weighted by molar-refractivity contribution is -0.484. The fourth-order valence-corrected chi connectivity index (χ4v) is 0.874. The fraction of sp³-hybridized carbons (Fsp3) is 0.125. The average Bonchev–Trinajstić information content (AvgIpc) is 2.18. The summed E-state index contributed by atoms with van der Waals surface area (Å²) in [4.78, 5) is 20.4. The van der Waals surface area contributed by atoms with Crippen LogP contribution in [0, 0.1) is 10.1 Å². The number of alkyl halides is 1. The highest BCUT2D eigenvalue weighted by molar-refractivity contribution is 6.31. The summed E-state index contributed by atoms with van der Waals surface area (Å²) >= 11 is 5.20. The molecule has 0 aliphatic rings. The molecule has 6 heteroatoms. The first kappa shape index (κ1) is 10.5. The lowest BCUT2D eigenvalue weighted by Gasteiger charge is -2.03. The van der Waals surface area contributed by atoms with Crippen LogP contribution in [0.4, 0.5) is 5.69 Å². The largest absolute Gasteiger partial charge is 0.363 e. The third-order valence-electron chi connectivity index (χ3n) is 1.44. The number of nitro groups is 1. The van der Waals surface area contributed by atoms with Gasteiger partial charge in [-0.1, -0.05) is 18.2 Å². The standard InChI is InChI=1S/C8H7ClN2O3/c9-7(11(13)14)8(12)10-6-4-2-1-3-5-6/h1-5,7H,(H,10,12)/t7-/m0/s1. The predicted molar refractivity (Wildman–Crippen MR) is 51.7 cm³/mol. The number of carbonyl (C=O) groups is 1. The van der Waals surface area contributed by atoms with Crippen LogP contribution in [-0.2, 0) is 4.79 Å². The highest BCUT2D eigenvalue weighted by atomic mass is 35.5. The van der Waals surface area contributed by atoms with E-state index in [1.54, 1.807) is 30.3 Å². The van der Waals surface area contributed by atoms with Gasteiger partial charge in [-0.15, -0.1) is 0 Å². The second kappa shape index (κ2) is 4.57. The molecule has 0 aromatic heterocycles. The van der Waals surface area contributed by atoms with Crippen LogP contribution < -0.4 is 5.32 Å². The second-order valence-electron chi connectivity index (χ2n) is 2.48. The summed E-state index contributed by atoms with van der Waals surface area (Å²) in [6, 6.07) is 8.39. The van der Waals surface area contributed by atoms with E-state index >= 15 is 0 Å². The summed E-state index contributed by atoms with van der Waals surface area (Å²) in [6.07, 6.45) is 0. The Hall–Kier alpha value is -1.62. The van der Waals surface area contributed by atoms with Gasteiger partial charge in [0.05, 0.1) is 0 Å². The molecule has 14 heavy (non-hydrogen) atoms. The lowest BCUT2D eigenvalue weighted by atomic mass is 10.3. The SMILES string of the molecule is O=C(Nc1ccccc1)[C@@H](Cl)[N+](=O)[O-]. The maximum atomic E-state index is 11.1. The van der Waals surface area contributed by atoms with Crippen molar-refractivity contribution in [3.8, 4) is 0 Å². The Morgan fingerprint density at radius 3 is 2.50 bits per heavy atom. The van der Waals surface area contributed by atoms with Crippen molar-refractivity contribution in [3.63, 3.8) is 0 Å². The van der Waals surface area contributed by atoms with Crippen molar-refractivity contribution in [2.45, 2.75) is 5.50 Å². The van der Waals surface area contributed by atoms with E-state index in [0.29, 0.717) is 5.69 Å². The van der Waals surface area contributed by atoms with Gasteiger partial charge in [-0.25, -0.2) is 0 Å². The summed E-state index contributed by atoms with van der Waals surface area (Å²) in [5.74, 6) is -0.845. The van der Waals surface area contributed by atoms with Gasteiger partial charge in [-0.2, -0.15) is 0 Å². The Labute approximate surface area is 84.8 Å². The van der Waals surface area contributed by atoms with Crippen molar-refractivity contribution in [1.82, 2.24) is 0 Å². The van der Waals surface area contributed by atoms with E-state index in [0.717, 1.165) is 0 Å². The van der Waals surface area contributed by atoms with E-state index in [4.69, 9.17) is 11.6 Å². The Morgan fingerprint density at radius 1 is 1.43 bits per heavy atom. The predicted octanol–water partition coefficient (Wildman–Crippen LogP) is 1.47. The van der Waals surface area contributed by atoms with E-state index in [-0.39, 0.29) is 0 Å². The van der Waals surface area contributed by atoms with Gasteiger partial charge in [0, 0.05) is 10.6 Å². The molecule has 1 aromatic rings. The molecule has 0 bridgehead atoms. The molecule has 0 fully saturated rings. The van der Waals surface area contributed by atoms with E-state index < -0.39 is 16.3 Å². The van der Waals surface area contributed by atoms with Crippen LogP contribution in [0.25, 0.3) is 0 Å². The van der Waals surface area contributed by atoms with Gasteiger partial charge in [0.15, 0.2) is 0 Å². The average molecular weight is 215 g/mol. The Bertz CT molecular complexity index is 342. The van der Waals surface area contributed by atoms with Crippen LogP contribution >= 0.6 is 11.6 Å². The molecule has 5 nitrogen and oxygen atoms in total. The smallest absolute Gasteiger partial charge is 0.319 e. The first-order valence-electron chi connectivity index (χ1n) is 3.75. The molecule has 0 aliphatic carbocycles. The number of nitrogens with one attached hydrogen (secondary N) is 1.